The fraction of sp³-hybridized carbons (Fsp3) is 0.278. The second-order valence-corrected chi connectivity index (χ2v) is 6.59. The van der Waals surface area contributed by atoms with Gasteiger partial charge in [-0.15, -0.1) is 0 Å². The highest BCUT2D eigenvalue weighted by molar-refractivity contribution is 6.33. The molecular formula is C18H19Cl2NO. The van der Waals surface area contributed by atoms with Gasteiger partial charge in [0.25, 0.3) is 0 Å². The maximum Gasteiger partial charge on any atom is 0.232 e. The van der Waals surface area contributed by atoms with Crippen molar-refractivity contribution in [2.75, 3.05) is 5.32 Å². The van der Waals surface area contributed by atoms with E-state index >= 15 is 0 Å². The van der Waals surface area contributed by atoms with Gasteiger partial charge < -0.3 is 5.32 Å². The second kappa shape index (κ2) is 7.17. The summed E-state index contributed by atoms with van der Waals surface area (Å²) in [5.41, 5.74) is 2.64. The zero-order valence-corrected chi connectivity index (χ0v) is 14.4. The topological polar surface area (TPSA) is 29.1 Å². The molecule has 0 spiro atoms. The number of rotatable bonds is 4. The minimum Gasteiger partial charge on any atom is -0.324 e. The normalized spacial score (nSPS) is 12.3. The van der Waals surface area contributed by atoms with Crippen LogP contribution in [0.5, 0.6) is 0 Å². The average Bonchev–Trinajstić information content (AvgIpc) is 2.44. The Hall–Kier alpha value is -1.51. The molecular weight excluding hydrogens is 317 g/mol. The lowest BCUT2D eigenvalue weighted by Gasteiger charge is -2.21. The first kappa shape index (κ1) is 16.9. The zero-order chi connectivity index (χ0) is 16.3. The van der Waals surface area contributed by atoms with Gasteiger partial charge in [-0.2, -0.15) is 0 Å². The van der Waals surface area contributed by atoms with Crippen LogP contribution in [0.15, 0.2) is 42.5 Å². The molecule has 0 unspecified atom stereocenters. The number of aryl methyl sites for hydroxylation is 1. The first-order valence-corrected chi connectivity index (χ1v) is 7.96. The predicted molar refractivity (Wildman–Crippen MR) is 93.8 cm³/mol. The van der Waals surface area contributed by atoms with Crippen LogP contribution in [0.1, 0.15) is 30.9 Å². The summed E-state index contributed by atoms with van der Waals surface area (Å²) in [6.07, 6.45) is 0. The molecule has 1 N–H and O–H groups in total. The minimum atomic E-state index is -0.255. The molecule has 0 fully saturated rings. The molecule has 4 heteroatoms. The van der Waals surface area contributed by atoms with Crippen molar-refractivity contribution in [1.29, 1.82) is 0 Å². The molecule has 0 aromatic heterocycles. The molecule has 2 nitrogen and oxygen atoms in total. The molecule has 0 radical (unpaired) electrons. The minimum absolute atomic E-state index is 0.0666. The number of amides is 1. The van der Waals surface area contributed by atoms with Crippen LogP contribution in [0.2, 0.25) is 10.0 Å². The quantitative estimate of drug-likeness (QED) is 0.764. The van der Waals surface area contributed by atoms with Gasteiger partial charge in [0, 0.05) is 5.02 Å². The Morgan fingerprint density at radius 2 is 1.68 bits per heavy atom. The third-order valence-electron chi connectivity index (χ3n) is 3.56. The van der Waals surface area contributed by atoms with Gasteiger partial charge in [0.1, 0.15) is 0 Å². The first-order valence-electron chi connectivity index (χ1n) is 7.21. The van der Waals surface area contributed by atoms with Crippen LogP contribution in [-0.2, 0) is 4.79 Å². The Morgan fingerprint density at radius 3 is 2.23 bits per heavy atom. The van der Waals surface area contributed by atoms with Crippen LogP contribution < -0.4 is 5.32 Å². The molecule has 116 valence electrons. The number of carbonyl (C=O) groups is 1. The van der Waals surface area contributed by atoms with E-state index in [0.717, 1.165) is 11.1 Å². The molecule has 0 aliphatic rings. The molecule has 1 atom stereocenters. The van der Waals surface area contributed by atoms with E-state index in [4.69, 9.17) is 23.2 Å². The number of anilines is 1. The van der Waals surface area contributed by atoms with E-state index in [1.165, 1.54) is 0 Å². The van der Waals surface area contributed by atoms with Gasteiger partial charge in [0.05, 0.1) is 16.6 Å². The van der Waals surface area contributed by atoms with Gasteiger partial charge in [0.15, 0.2) is 0 Å². The van der Waals surface area contributed by atoms with E-state index in [0.29, 0.717) is 15.7 Å². The zero-order valence-electron chi connectivity index (χ0n) is 12.9. The van der Waals surface area contributed by atoms with Crippen molar-refractivity contribution in [1.82, 2.24) is 0 Å². The molecule has 2 rings (SSSR count). The maximum absolute atomic E-state index is 12.7. The third-order valence-corrected chi connectivity index (χ3v) is 4.13. The summed E-state index contributed by atoms with van der Waals surface area (Å²) >= 11 is 12.1. The van der Waals surface area contributed by atoms with Gasteiger partial charge in [-0.1, -0.05) is 55.2 Å². The monoisotopic (exact) mass is 335 g/mol. The molecule has 0 aliphatic carbocycles. The Balaban J connectivity index is 2.25. The molecule has 0 heterocycles. The Kier molecular flexibility index (Phi) is 5.49. The van der Waals surface area contributed by atoms with Crippen molar-refractivity contribution < 1.29 is 4.79 Å². The Bertz CT molecular complexity index is 665. The number of hydrogen-bond acceptors (Lipinski definition) is 1. The van der Waals surface area contributed by atoms with E-state index in [1.54, 1.807) is 12.1 Å². The Labute approximate surface area is 141 Å². The fourth-order valence-corrected chi connectivity index (χ4v) is 2.85. The van der Waals surface area contributed by atoms with E-state index in [-0.39, 0.29) is 17.7 Å². The molecule has 0 aliphatic heterocycles. The van der Waals surface area contributed by atoms with Crippen molar-refractivity contribution in [3.05, 3.63) is 63.6 Å². The van der Waals surface area contributed by atoms with E-state index in [9.17, 15) is 4.79 Å². The SMILES string of the molecule is Cc1ccc(NC(=O)[C@@H](c2ccc(Cl)cc2)C(C)C)c(Cl)c1. The van der Waals surface area contributed by atoms with Crippen LogP contribution in [-0.4, -0.2) is 5.91 Å². The van der Waals surface area contributed by atoms with Crippen molar-refractivity contribution >= 4 is 34.8 Å². The number of nitrogens with one attached hydrogen (secondary N) is 1. The van der Waals surface area contributed by atoms with Crippen LogP contribution >= 0.6 is 23.2 Å². The van der Waals surface area contributed by atoms with Crippen molar-refractivity contribution in [2.45, 2.75) is 26.7 Å². The van der Waals surface area contributed by atoms with Crippen molar-refractivity contribution in [3.8, 4) is 0 Å². The van der Waals surface area contributed by atoms with Crippen LogP contribution in [0, 0.1) is 12.8 Å². The summed E-state index contributed by atoms with van der Waals surface area (Å²) in [6.45, 7) is 6.01. The molecule has 2 aromatic rings. The molecule has 0 saturated carbocycles. The molecule has 0 bridgehead atoms. The highest BCUT2D eigenvalue weighted by Gasteiger charge is 2.24. The van der Waals surface area contributed by atoms with Crippen molar-refractivity contribution in [2.24, 2.45) is 5.92 Å². The first-order chi connectivity index (χ1) is 10.4. The lowest BCUT2D eigenvalue weighted by atomic mass is 9.87. The molecule has 2 aromatic carbocycles. The van der Waals surface area contributed by atoms with E-state index in [1.807, 2.05) is 51.1 Å². The van der Waals surface area contributed by atoms with Crippen LogP contribution in [0.25, 0.3) is 0 Å². The number of carbonyl (C=O) groups excluding carboxylic acids is 1. The van der Waals surface area contributed by atoms with Gasteiger partial charge in [-0.25, -0.2) is 0 Å². The fourth-order valence-electron chi connectivity index (χ4n) is 2.44. The number of benzene rings is 2. The van der Waals surface area contributed by atoms with Crippen LogP contribution in [0.3, 0.4) is 0 Å². The summed E-state index contributed by atoms with van der Waals surface area (Å²) in [5, 5.41) is 4.14. The highest BCUT2D eigenvalue weighted by Crippen LogP contribution is 2.29. The van der Waals surface area contributed by atoms with Gasteiger partial charge in [-0.05, 0) is 48.2 Å². The van der Waals surface area contributed by atoms with Crippen molar-refractivity contribution in [3.63, 3.8) is 0 Å². The third kappa shape index (κ3) is 4.02. The maximum atomic E-state index is 12.7. The predicted octanol–water partition coefficient (Wildman–Crippen LogP) is 5.68. The van der Waals surface area contributed by atoms with Crippen LogP contribution in [0.4, 0.5) is 5.69 Å². The van der Waals surface area contributed by atoms with Gasteiger partial charge >= 0.3 is 0 Å². The number of halogens is 2. The summed E-state index contributed by atoms with van der Waals surface area (Å²) in [5.74, 6) is -0.164. The standard InChI is InChI=1S/C18H19Cl2NO/c1-11(2)17(13-5-7-14(19)8-6-13)18(22)21-16-9-4-12(3)10-15(16)20/h4-11,17H,1-3H3,(H,21,22)/t17-/m1/s1. The summed E-state index contributed by atoms with van der Waals surface area (Å²) in [4.78, 5) is 12.7. The highest BCUT2D eigenvalue weighted by atomic mass is 35.5. The van der Waals surface area contributed by atoms with E-state index in [2.05, 4.69) is 5.32 Å². The summed E-state index contributed by atoms with van der Waals surface area (Å²) < 4.78 is 0. The largest absolute Gasteiger partial charge is 0.324 e. The van der Waals surface area contributed by atoms with Gasteiger partial charge in [0.2, 0.25) is 5.91 Å². The lowest BCUT2D eigenvalue weighted by Crippen LogP contribution is -2.25. The summed E-state index contributed by atoms with van der Waals surface area (Å²) in [7, 11) is 0. The number of hydrogen-bond donors (Lipinski definition) is 1. The average molecular weight is 336 g/mol. The smallest absolute Gasteiger partial charge is 0.232 e. The van der Waals surface area contributed by atoms with E-state index < -0.39 is 0 Å². The Morgan fingerprint density at radius 1 is 1.05 bits per heavy atom. The summed E-state index contributed by atoms with van der Waals surface area (Å²) in [6, 6.07) is 13.0. The molecule has 1 amide bonds. The molecule has 22 heavy (non-hydrogen) atoms. The van der Waals surface area contributed by atoms with Gasteiger partial charge in [-0.3, -0.25) is 4.79 Å². The lowest BCUT2D eigenvalue weighted by molar-refractivity contribution is -0.118. The molecule has 0 saturated heterocycles. The second-order valence-electron chi connectivity index (χ2n) is 5.75.